The fourth-order valence-corrected chi connectivity index (χ4v) is 4.42. The van der Waals surface area contributed by atoms with E-state index in [-0.39, 0.29) is 10.8 Å². The van der Waals surface area contributed by atoms with Crippen LogP contribution in [0.25, 0.3) is 10.8 Å². The number of carbonyl (C=O) groups is 1. The van der Waals surface area contributed by atoms with Crippen molar-refractivity contribution in [2.45, 2.75) is 37.6 Å². The van der Waals surface area contributed by atoms with Crippen LogP contribution in [0.5, 0.6) is 0 Å². The van der Waals surface area contributed by atoms with Crippen molar-refractivity contribution < 1.29 is 13.2 Å². The minimum absolute atomic E-state index is 0.156. The van der Waals surface area contributed by atoms with Crippen molar-refractivity contribution in [1.29, 1.82) is 0 Å². The number of fused-ring (bicyclic) bond motifs is 1. The van der Waals surface area contributed by atoms with E-state index in [2.05, 4.69) is 11.6 Å². The molecule has 1 heterocycles. The lowest BCUT2D eigenvalue weighted by Crippen LogP contribution is -2.49. The molecule has 2 aromatic rings. The van der Waals surface area contributed by atoms with Gasteiger partial charge in [-0.2, -0.15) is 4.72 Å². The molecule has 1 aliphatic rings. The van der Waals surface area contributed by atoms with Gasteiger partial charge in [0.1, 0.15) is 0 Å². The number of benzene rings is 2. The summed E-state index contributed by atoms with van der Waals surface area (Å²) in [6.07, 6.45) is 1.94. The Kier molecular flexibility index (Phi) is 5.11. The van der Waals surface area contributed by atoms with Crippen LogP contribution in [-0.4, -0.2) is 38.4 Å². The predicted octanol–water partition coefficient (Wildman–Crippen LogP) is 2.77. The fraction of sp³-hybridized carbons (Fsp3) is 0.421. The van der Waals surface area contributed by atoms with Crippen LogP contribution in [-0.2, 0) is 14.8 Å². The van der Waals surface area contributed by atoms with Crippen molar-refractivity contribution in [2.24, 2.45) is 5.92 Å². The molecule has 6 heteroatoms. The molecule has 1 aliphatic heterocycles. The highest BCUT2D eigenvalue weighted by molar-refractivity contribution is 7.89. The molecule has 0 aromatic heterocycles. The molecule has 1 saturated heterocycles. The first-order valence-corrected chi connectivity index (χ1v) is 10.1. The highest BCUT2D eigenvalue weighted by Crippen LogP contribution is 2.20. The lowest BCUT2D eigenvalue weighted by Gasteiger charge is -2.32. The second-order valence-electron chi connectivity index (χ2n) is 6.86. The Labute approximate surface area is 149 Å². The van der Waals surface area contributed by atoms with Crippen molar-refractivity contribution in [3.8, 4) is 0 Å². The third-order valence-corrected chi connectivity index (χ3v) is 6.37. The van der Waals surface area contributed by atoms with Crippen LogP contribution in [0.4, 0.5) is 0 Å². The second-order valence-corrected chi connectivity index (χ2v) is 8.57. The average molecular weight is 360 g/mol. The molecular formula is C19H24N2O3S. The van der Waals surface area contributed by atoms with Crippen LogP contribution in [0.1, 0.15) is 26.7 Å². The molecule has 0 bridgehead atoms. The highest BCUT2D eigenvalue weighted by atomic mass is 32.2. The van der Waals surface area contributed by atoms with Crippen LogP contribution in [0.15, 0.2) is 47.4 Å². The van der Waals surface area contributed by atoms with Gasteiger partial charge in [-0.05, 0) is 48.6 Å². The van der Waals surface area contributed by atoms with E-state index in [1.807, 2.05) is 24.3 Å². The van der Waals surface area contributed by atoms with Gasteiger partial charge in [-0.25, -0.2) is 8.42 Å². The molecule has 1 fully saturated rings. The number of hydrogen-bond acceptors (Lipinski definition) is 3. The van der Waals surface area contributed by atoms with E-state index in [1.165, 1.54) is 0 Å². The molecule has 0 spiro atoms. The first-order valence-electron chi connectivity index (χ1n) is 8.67. The Hall–Kier alpha value is -1.92. The van der Waals surface area contributed by atoms with Gasteiger partial charge < -0.3 is 4.90 Å². The van der Waals surface area contributed by atoms with Crippen molar-refractivity contribution in [3.05, 3.63) is 42.5 Å². The molecule has 1 unspecified atom stereocenters. The van der Waals surface area contributed by atoms with E-state index in [0.29, 0.717) is 19.0 Å². The summed E-state index contributed by atoms with van der Waals surface area (Å²) in [5, 5.41) is 1.84. The summed E-state index contributed by atoms with van der Waals surface area (Å²) in [6, 6.07) is 11.8. The number of amides is 1. The molecule has 1 N–H and O–H groups in total. The topological polar surface area (TPSA) is 66.5 Å². The number of hydrogen-bond donors (Lipinski definition) is 1. The summed E-state index contributed by atoms with van der Waals surface area (Å²) < 4.78 is 27.8. The number of nitrogens with zero attached hydrogens (tertiary/aromatic N) is 1. The minimum Gasteiger partial charge on any atom is -0.341 e. The van der Waals surface area contributed by atoms with Crippen LogP contribution in [0, 0.1) is 5.92 Å². The zero-order chi connectivity index (χ0) is 18.0. The average Bonchev–Trinajstić information content (AvgIpc) is 2.61. The monoisotopic (exact) mass is 360 g/mol. The lowest BCUT2D eigenvalue weighted by atomic mass is 9.99. The van der Waals surface area contributed by atoms with Crippen LogP contribution in [0.3, 0.4) is 0 Å². The van der Waals surface area contributed by atoms with E-state index < -0.39 is 16.1 Å². The minimum atomic E-state index is -3.74. The summed E-state index contributed by atoms with van der Waals surface area (Å²) in [4.78, 5) is 14.5. The predicted molar refractivity (Wildman–Crippen MR) is 98.7 cm³/mol. The van der Waals surface area contributed by atoms with Crippen LogP contribution < -0.4 is 4.72 Å². The van der Waals surface area contributed by atoms with Gasteiger partial charge >= 0.3 is 0 Å². The van der Waals surface area contributed by atoms with Crippen molar-refractivity contribution in [3.63, 3.8) is 0 Å². The molecule has 5 nitrogen and oxygen atoms in total. The molecule has 2 aromatic carbocycles. The van der Waals surface area contributed by atoms with Gasteiger partial charge in [-0.1, -0.05) is 37.3 Å². The van der Waals surface area contributed by atoms with Crippen LogP contribution >= 0.6 is 0 Å². The third kappa shape index (κ3) is 4.02. The van der Waals surface area contributed by atoms with Gasteiger partial charge in [0.2, 0.25) is 15.9 Å². The Morgan fingerprint density at radius 1 is 1.12 bits per heavy atom. The molecule has 25 heavy (non-hydrogen) atoms. The summed E-state index contributed by atoms with van der Waals surface area (Å²) >= 11 is 0. The smallest absolute Gasteiger partial charge is 0.241 e. The van der Waals surface area contributed by atoms with E-state index in [4.69, 9.17) is 0 Å². The molecule has 1 atom stereocenters. The maximum absolute atomic E-state index is 12.6. The number of likely N-dealkylation sites (tertiary alicyclic amines) is 1. The van der Waals surface area contributed by atoms with Gasteiger partial charge in [-0.3, -0.25) is 4.79 Å². The Balaban J connectivity index is 1.74. The number of sulfonamides is 1. The van der Waals surface area contributed by atoms with Crippen molar-refractivity contribution in [1.82, 2.24) is 9.62 Å². The molecule has 0 saturated carbocycles. The summed E-state index contributed by atoms with van der Waals surface area (Å²) in [7, 11) is -3.74. The second kappa shape index (κ2) is 7.14. The van der Waals surface area contributed by atoms with Gasteiger partial charge in [0.15, 0.2) is 0 Å². The van der Waals surface area contributed by atoms with Crippen LogP contribution in [0.2, 0.25) is 0 Å². The number of piperidine rings is 1. The van der Waals surface area contributed by atoms with Gasteiger partial charge in [0.25, 0.3) is 0 Å². The standard InChI is InChI=1S/C19H24N2O3S/c1-14-9-11-21(12-10-14)19(22)15(2)20-25(23,24)18-8-7-16-5-3-4-6-17(16)13-18/h3-8,13-15,20H,9-12H2,1-2H3. The van der Waals surface area contributed by atoms with E-state index in [0.717, 1.165) is 23.6 Å². The number of nitrogens with one attached hydrogen (secondary N) is 1. The van der Waals surface area contributed by atoms with E-state index >= 15 is 0 Å². The summed E-state index contributed by atoms with van der Waals surface area (Å²) in [5.41, 5.74) is 0. The van der Waals surface area contributed by atoms with Crippen molar-refractivity contribution >= 4 is 26.7 Å². The number of rotatable bonds is 4. The SMILES string of the molecule is CC1CCN(C(=O)C(C)NS(=O)(=O)c2ccc3ccccc3c2)CC1. The largest absolute Gasteiger partial charge is 0.341 e. The van der Waals surface area contributed by atoms with E-state index in [9.17, 15) is 13.2 Å². The maximum Gasteiger partial charge on any atom is 0.241 e. The molecule has 0 aliphatic carbocycles. The van der Waals surface area contributed by atoms with Gasteiger partial charge in [-0.15, -0.1) is 0 Å². The zero-order valence-electron chi connectivity index (χ0n) is 14.6. The quantitative estimate of drug-likeness (QED) is 0.912. The Bertz CT molecular complexity index is 871. The normalized spacial score (nSPS) is 17.6. The molecule has 3 rings (SSSR count). The first-order chi connectivity index (χ1) is 11.9. The van der Waals surface area contributed by atoms with Gasteiger partial charge in [0.05, 0.1) is 10.9 Å². The maximum atomic E-state index is 12.6. The molecule has 134 valence electrons. The molecule has 1 amide bonds. The summed E-state index contributed by atoms with van der Waals surface area (Å²) in [6.45, 7) is 5.18. The van der Waals surface area contributed by atoms with Crippen molar-refractivity contribution in [2.75, 3.05) is 13.1 Å². The Morgan fingerprint density at radius 2 is 1.76 bits per heavy atom. The zero-order valence-corrected chi connectivity index (χ0v) is 15.4. The highest BCUT2D eigenvalue weighted by Gasteiger charge is 2.28. The Morgan fingerprint density at radius 3 is 2.44 bits per heavy atom. The van der Waals surface area contributed by atoms with E-state index in [1.54, 1.807) is 30.0 Å². The number of carbonyl (C=O) groups excluding carboxylic acids is 1. The summed E-state index contributed by atoms with van der Waals surface area (Å²) in [5.74, 6) is 0.463. The lowest BCUT2D eigenvalue weighted by molar-refractivity contribution is -0.133. The van der Waals surface area contributed by atoms with Gasteiger partial charge in [0, 0.05) is 13.1 Å². The molecular weight excluding hydrogens is 336 g/mol. The first kappa shape index (κ1) is 17.9. The third-order valence-electron chi connectivity index (χ3n) is 4.83. The fourth-order valence-electron chi connectivity index (χ4n) is 3.19. The molecule has 0 radical (unpaired) electrons.